The van der Waals surface area contributed by atoms with E-state index in [1.165, 1.54) is 27.8 Å². The van der Waals surface area contributed by atoms with Crippen molar-refractivity contribution in [2.24, 2.45) is 0 Å². The zero-order valence-corrected chi connectivity index (χ0v) is 32.2. The first-order valence-electron chi connectivity index (χ1n) is 20.1. The molecule has 0 atom stereocenters. The second kappa shape index (κ2) is 14.6. The number of nitrogens with zero attached hydrogens (tertiary/aromatic N) is 2. The van der Waals surface area contributed by atoms with Gasteiger partial charge in [-0.15, -0.1) is 0 Å². The van der Waals surface area contributed by atoms with Gasteiger partial charge in [0.2, 0.25) is 0 Å². The first-order chi connectivity index (χ1) is 29.3. The molecule has 0 aliphatic carbocycles. The van der Waals surface area contributed by atoms with E-state index in [-0.39, 0.29) is 0 Å². The second-order valence-electron chi connectivity index (χ2n) is 14.9. The summed E-state index contributed by atoms with van der Waals surface area (Å²) in [6.07, 6.45) is 0. The van der Waals surface area contributed by atoms with Gasteiger partial charge in [-0.05, 0) is 106 Å². The summed E-state index contributed by atoms with van der Waals surface area (Å²) in [6.45, 7) is 0. The second-order valence-corrected chi connectivity index (χ2v) is 14.9. The van der Waals surface area contributed by atoms with Gasteiger partial charge in [-0.3, -0.25) is 0 Å². The van der Waals surface area contributed by atoms with Crippen molar-refractivity contribution in [1.29, 1.82) is 0 Å². The molecule has 0 N–H and O–H groups in total. The number of aromatic nitrogens is 1. The minimum atomic E-state index is 0.880. The van der Waals surface area contributed by atoms with Gasteiger partial charge < -0.3 is 13.9 Å². The summed E-state index contributed by atoms with van der Waals surface area (Å²) < 4.78 is 9.27. The highest BCUT2D eigenvalue weighted by Gasteiger charge is 2.22. The van der Waals surface area contributed by atoms with Crippen LogP contribution >= 0.6 is 0 Å². The van der Waals surface area contributed by atoms with E-state index < -0.39 is 0 Å². The fraction of sp³-hybridized carbons (Fsp3) is 0. The van der Waals surface area contributed by atoms with Crippen molar-refractivity contribution in [3.63, 3.8) is 0 Å². The molecule has 0 aliphatic rings. The first-order valence-corrected chi connectivity index (χ1v) is 20.1. The van der Waals surface area contributed by atoms with Gasteiger partial charge in [0, 0.05) is 39.1 Å². The van der Waals surface area contributed by atoms with Crippen molar-refractivity contribution in [1.82, 2.24) is 4.57 Å². The smallest absolute Gasteiger partial charge is 0.161 e. The summed E-state index contributed by atoms with van der Waals surface area (Å²) in [5.41, 5.74) is 17.6. The zero-order chi connectivity index (χ0) is 39.1. The molecule has 9 aromatic carbocycles. The molecule has 0 amide bonds. The number of hydrogen-bond donors (Lipinski definition) is 0. The molecule has 0 radical (unpaired) electrons. The summed E-state index contributed by atoms with van der Waals surface area (Å²) in [4.78, 5) is 2.36. The molecule has 0 fully saturated rings. The summed E-state index contributed by atoms with van der Waals surface area (Å²) in [5, 5.41) is 2.19. The molecule has 0 spiro atoms. The van der Waals surface area contributed by atoms with E-state index in [9.17, 15) is 0 Å². The topological polar surface area (TPSA) is 21.3 Å². The van der Waals surface area contributed by atoms with E-state index in [1.807, 2.05) is 0 Å². The van der Waals surface area contributed by atoms with Crippen molar-refractivity contribution < 1.29 is 4.42 Å². The fourth-order valence-corrected chi connectivity index (χ4v) is 8.57. The quantitative estimate of drug-likeness (QED) is 0.154. The monoisotopic (exact) mass is 754 g/mol. The Hall–Kier alpha value is -7.88. The maximum Gasteiger partial charge on any atom is 0.161 e. The number of rotatable bonds is 8. The highest BCUT2D eigenvalue weighted by atomic mass is 16.3. The molecular weight excluding hydrogens is 717 g/mol. The molecule has 0 saturated carbocycles. The Morgan fingerprint density at radius 3 is 1.46 bits per heavy atom. The minimum absolute atomic E-state index is 0.880. The number of furan rings is 1. The van der Waals surface area contributed by atoms with E-state index >= 15 is 0 Å². The first kappa shape index (κ1) is 34.4. The van der Waals surface area contributed by atoms with Crippen LogP contribution in [-0.4, -0.2) is 4.57 Å². The lowest BCUT2D eigenvalue weighted by molar-refractivity contribution is 0.674. The maximum absolute atomic E-state index is 6.94. The summed E-state index contributed by atoms with van der Waals surface area (Å²) in [7, 11) is 0. The number of hydrogen-bond acceptors (Lipinski definition) is 2. The standard InChI is InChI=1S/C56H38N2O/c1-4-15-39(16-5-1)41-29-31-42(32-30-41)43-33-35-47(36-34-43)57(48-23-12-19-44(37-48)40-17-6-2-7-18-40)49-24-13-20-45(38-49)50-26-14-27-52-54-56(59-55(50)52)51-25-10-11-28-53(51)58(54)46-21-8-3-9-22-46/h1-38H. The van der Waals surface area contributed by atoms with Crippen LogP contribution in [-0.2, 0) is 0 Å². The van der Waals surface area contributed by atoms with Crippen LogP contribution in [0.4, 0.5) is 17.1 Å². The van der Waals surface area contributed by atoms with Crippen molar-refractivity contribution in [2.75, 3.05) is 4.90 Å². The van der Waals surface area contributed by atoms with Crippen LogP contribution in [0.1, 0.15) is 0 Å². The highest BCUT2D eigenvalue weighted by molar-refractivity contribution is 6.18. The molecule has 0 bridgehead atoms. The van der Waals surface area contributed by atoms with E-state index in [2.05, 4.69) is 240 Å². The highest BCUT2D eigenvalue weighted by Crippen LogP contribution is 2.44. The molecule has 59 heavy (non-hydrogen) atoms. The van der Waals surface area contributed by atoms with Gasteiger partial charge in [0.1, 0.15) is 11.1 Å². The predicted octanol–water partition coefficient (Wildman–Crippen LogP) is 15.7. The van der Waals surface area contributed by atoms with Crippen molar-refractivity contribution in [3.8, 4) is 50.2 Å². The van der Waals surface area contributed by atoms with E-state index in [4.69, 9.17) is 4.42 Å². The van der Waals surface area contributed by atoms with Crippen LogP contribution < -0.4 is 4.90 Å². The lowest BCUT2D eigenvalue weighted by Crippen LogP contribution is -2.10. The van der Waals surface area contributed by atoms with E-state index in [0.29, 0.717) is 0 Å². The molecule has 2 aromatic heterocycles. The molecule has 2 heterocycles. The van der Waals surface area contributed by atoms with E-state index in [0.717, 1.165) is 72.4 Å². The Balaban J connectivity index is 1.03. The Labute approximate surface area is 343 Å². The SMILES string of the molecule is c1ccc(-c2ccc(-c3ccc(N(c4cccc(-c5ccccc5)c4)c4cccc(-c5cccc6c5oc5c7ccccc7n(-c7ccccc7)c65)c4)cc3)cc2)cc1. The maximum atomic E-state index is 6.94. The molecule has 11 aromatic rings. The Kier molecular flexibility index (Phi) is 8.49. The van der Waals surface area contributed by atoms with Gasteiger partial charge in [0.15, 0.2) is 5.58 Å². The predicted molar refractivity (Wildman–Crippen MR) is 247 cm³/mol. The van der Waals surface area contributed by atoms with E-state index in [1.54, 1.807) is 0 Å². The lowest BCUT2D eigenvalue weighted by atomic mass is 9.99. The van der Waals surface area contributed by atoms with Crippen LogP contribution in [0.25, 0.3) is 83.2 Å². The third-order valence-electron chi connectivity index (χ3n) is 11.4. The molecule has 278 valence electrons. The molecule has 0 saturated heterocycles. The van der Waals surface area contributed by atoms with Crippen LogP contribution in [0.2, 0.25) is 0 Å². The Morgan fingerprint density at radius 1 is 0.322 bits per heavy atom. The largest absolute Gasteiger partial charge is 0.453 e. The normalized spacial score (nSPS) is 11.4. The Morgan fingerprint density at radius 2 is 0.797 bits per heavy atom. The third kappa shape index (κ3) is 6.17. The molecule has 0 unspecified atom stereocenters. The molecule has 3 heteroatoms. The summed E-state index contributed by atoms with van der Waals surface area (Å²) in [6, 6.07) is 82.1. The van der Waals surface area contributed by atoms with Gasteiger partial charge in [0.25, 0.3) is 0 Å². The molecule has 11 rings (SSSR count). The van der Waals surface area contributed by atoms with Gasteiger partial charge >= 0.3 is 0 Å². The fourth-order valence-electron chi connectivity index (χ4n) is 8.57. The molecule has 3 nitrogen and oxygen atoms in total. The Bertz CT molecular complexity index is 3240. The van der Waals surface area contributed by atoms with Gasteiger partial charge in [-0.25, -0.2) is 0 Å². The number of benzene rings is 9. The molecule has 0 aliphatic heterocycles. The van der Waals surface area contributed by atoms with Crippen molar-refractivity contribution in [3.05, 3.63) is 231 Å². The van der Waals surface area contributed by atoms with Gasteiger partial charge in [0.05, 0.1) is 5.52 Å². The van der Waals surface area contributed by atoms with Crippen molar-refractivity contribution >= 4 is 50.0 Å². The third-order valence-corrected chi connectivity index (χ3v) is 11.4. The van der Waals surface area contributed by atoms with Crippen LogP contribution in [0, 0.1) is 0 Å². The van der Waals surface area contributed by atoms with Crippen LogP contribution in [0.3, 0.4) is 0 Å². The number of anilines is 3. The zero-order valence-electron chi connectivity index (χ0n) is 32.2. The van der Waals surface area contributed by atoms with Crippen molar-refractivity contribution in [2.45, 2.75) is 0 Å². The van der Waals surface area contributed by atoms with Gasteiger partial charge in [-0.2, -0.15) is 0 Å². The lowest BCUT2D eigenvalue weighted by Gasteiger charge is -2.27. The molecular formula is C56H38N2O. The summed E-state index contributed by atoms with van der Waals surface area (Å²) in [5.74, 6) is 0. The number of para-hydroxylation sites is 3. The van der Waals surface area contributed by atoms with Gasteiger partial charge in [-0.1, -0.05) is 164 Å². The average molecular weight is 755 g/mol. The van der Waals surface area contributed by atoms with Crippen LogP contribution in [0.5, 0.6) is 0 Å². The number of fused-ring (bicyclic) bond motifs is 5. The average Bonchev–Trinajstić information content (AvgIpc) is 3.86. The minimum Gasteiger partial charge on any atom is -0.453 e. The summed E-state index contributed by atoms with van der Waals surface area (Å²) >= 11 is 0. The van der Waals surface area contributed by atoms with Crippen LogP contribution in [0.15, 0.2) is 235 Å².